The molecule has 0 fully saturated rings. The van der Waals surface area contributed by atoms with Crippen LogP contribution in [-0.4, -0.2) is 23.1 Å². The summed E-state index contributed by atoms with van der Waals surface area (Å²) in [6.07, 6.45) is 0.756. The van der Waals surface area contributed by atoms with Gasteiger partial charge in [-0.25, -0.2) is 4.98 Å². The van der Waals surface area contributed by atoms with E-state index in [1.807, 2.05) is 6.07 Å². The molecule has 1 atom stereocenters. The van der Waals surface area contributed by atoms with Crippen molar-refractivity contribution in [2.45, 2.75) is 26.3 Å². The molecule has 2 rings (SSSR count). The molecular formula is C15H21N3OS. The largest absolute Gasteiger partial charge is 0.384 e. The molecule has 5 heteroatoms. The second-order valence-electron chi connectivity index (χ2n) is 5.04. The lowest BCUT2D eigenvalue weighted by Crippen LogP contribution is -2.16. The lowest BCUT2D eigenvalue weighted by atomic mass is 9.96. The van der Waals surface area contributed by atoms with Gasteiger partial charge in [0.05, 0.1) is 12.6 Å². The molecule has 0 radical (unpaired) electrons. The Bertz CT molecular complexity index is 513. The van der Waals surface area contributed by atoms with Gasteiger partial charge in [-0.2, -0.15) is 4.37 Å². The fourth-order valence-electron chi connectivity index (χ4n) is 2.04. The van der Waals surface area contributed by atoms with E-state index in [0.717, 1.165) is 17.4 Å². The SMILES string of the molecule is COCCc1nsc(NC(c2ccccc2)C(C)C)n1. The Hall–Kier alpha value is -1.46. The van der Waals surface area contributed by atoms with Crippen molar-refractivity contribution < 1.29 is 4.74 Å². The minimum atomic E-state index is 0.249. The van der Waals surface area contributed by atoms with E-state index < -0.39 is 0 Å². The summed E-state index contributed by atoms with van der Waals surface area (Å²) in [6.45, 7) is 5.07. The fraction of sp³-hybridized carbons (Fsp3) is 0.467. The van der Waals surface area contributed by atoms with Gasteiger partial charge in [0.25, 0.3) is 0 Å². The lowest BCUT2D eigenvalue weighted by molar-refractivity contribution is 0.201. The van der Waals surface area contributed by atoms with Crippen LogP contribution in [0, 0.1) is 5.92 Å². The third-order valence-corrected chi connectivity index (χ3v) is 3.79. The summed E-state index contributed by atoms with van der Waals surface area (Å²) in [4.78, 5) is 4.51. The number of aromatic nitrogens is 2. The van der Waals surface area contributed by atoms with Crippen molar-refractivity contribution in [2.24, 2.45) is 5.92 Å². The van der Waals surface area contributed by atoms with Gasteiger partial charge in [-0.1, -0.05) is 44.2 Å². The fourth-order valence-corrected chi connectivity index (χ4v) is 2.69. The molecule has 1 unspecified atom stereocenters. The minimum Gasteiger partial charge on any atom is -0.384 e. The Morgan fingerprint density at radius 1 is 1.25 bits per heavy atom. The van der Waals surface area contributed by atoms with Crippen molar-refractivity contribution in [2.75, 3.05) is 19.0 Å². The Kier molecular flexibility index (Phi) is 5.49. The Balaban J connectivity index is 2.07. The van der Waals surface area contributed by atoms with Crippen LogP contribution in [0.4, 0.5) is 5.13 Å². The maximum atomic E-state index is 5.05. The molecule has 2 aromatic rings. The summed E-state index contributed by atoms with van der Waals surface area (Å²) in [6, 6.07) is 10.7. The van der Waals surface area contributed by atoms with Gasteiger partial charge in [0.15, 0.2) is 0 Å². The molecule has 1 aromatic heterocycles. The van der Waals surface area contributed by atoms with Crippen LogP contribution in [0.25, 0.3) is 0 Å². The highest BCUT2D eigenvalue weighted by Crippen LogP contribution is 2.27. The van der Waals surface area contributed by atoms with E-state index in [9.17, 15) is 0 Å². The first-order valence-corrected chi connectivity index (χ1v) is 7.61. The van der Waals surface area contributed by atoms with E-state index in [4.69, 9.17) is 4.74 Å². The van der Waals surface area contributed by atoms with Gasteiger partial charge < -0.3 is 10.1 Å². The van der Waals surface area contributed by atoms with Gasteiger partial charge >= 0.3 is 0 Å². The van der Waals surface area contributed by atoms with Crippen molar-refractivity contribution in [3.8, 4) is 0 Å². The minimum absolute atomic E-state index is 0.249. The normalized spacial score (nSPS) is 12.6. The summed E-state index contributed by atoms with van der Waals surface area (Å²) in [7, 11) is 1.69. The van der Waals surface area contributed by atoms with Crippen LogP contribution < -0.4 is 5.32 Å². The number of nitrogens with zero attached hydrogens (tertiary/aromatic N) is 2. The predicted octanol–water partition coefficient (Wildman–Crippen LogP) is 3.54. The molecule has 0 amide bonds. The zero-order valence-corrected chi connectivity index (χ0v) is 13.0. The van der Waals surface area contributed by atoms with Crippen LogP contribution in [0.5, 0.6) is 0 Å². The average molecular weight is 291 g/mol. The van der Waals surface area contributed by atoms with E-state index in [1.54, 1.807) is 7.11 Å². The third kappa shape index (κ3) is 4.02. The first kappa shape index (κ1) is 14.9. The topological polar surface area (TPSA) is 47.0 Å². The summed E-state index contributed by atoms with van der Waals surface area (Å²) < 4.78 is 9.40. The highest BCUT2D eigenvalue weighted by molar-refractivity contribution is 7.09. The van der Waals surface area contributed by atoms with Crippen LogP contribution in [0.15, 0.2) is 30.3 Å². The smallest absolute Gasteiger partial charge is 0.203 e. The summed E-state index contributed by atoms with van der Waals surface area (Å²) >= 11 is 1.41. The molecule has 20 heavy (non-hydrogen) atoms. The van der Waals surface area contributed by atoms with E-state index in [0.29, 0.717) is 12.5 Å². The van der Waals surface area contributed by atoms with Gasteiger partial charge in [0.1, 0.15) is 5.82 Å². The Morgan fingerprint density at radius 2 is 2.00 bits per heavy atom. The monoisotopic (exact) mass is 291 g/mol. The highest BCUT2D eigenvalue weighted by Gasteiger charge is 2.17. The summed E-state index contributed by atoms with van der Waals surface area (Å²) in [5, 5.41) is 4.37. The average Bonchev–Trinajstić information content (AvgIpc) is 2.91. The first-order valence-electron chi connectivity index (χ1n) is 6.83. The second-order valence-corrected chi connectivity index (χ2v) is 5.79. The number of anilines is 1. The molecule has 1 heterocycles. The third-order valence-electron chi connectivity index (χ3n) is 3.10. The lowest BCUT2D eigenvalue weighted by Gasteiger charge is -2.22. The van der Waals surface area contributed by atoms with Crippen LogP contribution in [0.2, 0.25) is 0 Å². The molecule has 0 aliphatic heterocycles. The molecule has 0 spiro atoms. The molecule has 4 nitrogen and oxygen atoms in total. The predicted molar refractivity (Wildman–Crippen MR) is 83.1 cm³/mol. The van der Waals surface area contributed by atoms with Crippen molar-refractivity contribution in [3.63, 3.8) is 0 Å². The zero-order valence-electron chi connectivity index (χ0n) is 12.2. The summed E-state index contributed by atoms with van der Waals surface area (Å²) in [5.74, 6) is 1.32. The van der Waals surface area contributed by atoms with Gasteiger partial charge in [0.2, 0.25) is 5.13 Å². The second kappa shape index (κ2) is 7.36. The van der Waals surface area contributed by atoms with Gasteiger partial charge in [-0.3, -0.25) is 0 Å². The number of methoxy groups -OCH3 is 1. The molecule has 1 N–H and O–H groups in total. The number of nitrogens with one attached hydrogen (secondary N) is 1. The molecule has 0 saturated heterocycles. The van der Waals surface area contributed by atoms with Crippen molar-refractivity contribution in [3.05, 3.63) is 41.7 Å². The van der Waals surface area contributed by atoms with Crippen molar-refractivity contribution in [1.29, 1.82) is 0 Å². The molecule has 0 aliphatic rings. The summed E-state index contributed by atoms with van der Waals surface area (Å²) in [5.41, 5.74) is 1.27. The number of benzene rings is 1. The zero-order chi connectivity index (χ0) is 14.4. The van der Waals surface area contributed by atoms with E-state index in [-0.39, 0.29) is 6.04 Å². The van der Waals surface area contributed by atoms with Crippen LogP contribution in [0.1, 0.15) is 31.3 Å². The number of hydrogen-bond acceptors (Lipinski definition) is 5. The van der Waals surface area contributed by atoms with Gasteiger partial charge in [-0.05, 0) is 11.5 Å². The number of ether oxygens (including phenoxy) is 1. The van der Waals surface area contributed by atoms with E-state index in [2.05, 4.69) is 52.8 Å². The van der Waals surface area contributed by atoms with E-state index in [1.165, 1.54) is 17.1 Å². The van der Waals surface area contributed by atoms with Crippen molar-refractivity contribution >= 4 is 16.7 Å². The Morgan fingerprint density at radius 3 is 2.65 bits per heavy atom. The standard InChI is InChI=1S/C15H21N3OS/c1-11(2)14(12-7-5-4-6-8-12)17-15-16-13(18-20-15)9-10-19-3/h4-8,11,14H,9-10H2,1-3H3,(H,16,17,18). The van der Waals surface area contributed by atoms with Crippen LogP contribution in [-0.2, 0) is 11.2 Å². The number of hydrogen-bond donors (Lipinski definition) is 1. The number of rotatable bonds is 7. The molecule has 0 aliphatic carbocycles. The van der Waals surface area contributed by atoms with Crippen LogP contribution >= 0.6 is 11.5 Å². The maximum absolute atomic E-state index is 5.05. The van der Waals surface area contributed by atoms with Gasteiger partial charge in [0, 0.05) is 25.1 Å². The first-order chi connectivity index (χ1) is 9.70. The molecule has 108 valence electrons. The molecule has 1 aromatic carbocycles. The quantitative estimate of drug-likeness (QED) is 0.847. The highest BCUT2D eigenvalue weighted by atomic mass is 32.1. The van der Waals surface area contributed by atoms with Crippen molar-refractivity contribution in [1.82, 2.24) is 9.36 Å². The molecule has 0 saturated carbocycles. The van der Waals surface area contributed by atoms with E-state index >= 15 is 0 Å². The van der Waals surface area contributed by atoms with Gasteiger partial charge in [-0.15, -0.1) is 0 Å². The molecule has 0 bridgehead atoms. The Labute approximate surface area is 124 Å². The van der Waals surface area contributed by atoms with Crippen LogP contribution in [0.3, 0.4) is 0 Å². The molecular weight excluding hydrogens is 270 g/mol. The maximum Gasteiger partial charge on any atom is 0.203 e.